The van der Waals surface area contributed by atoms with Gasteiger partial charge >= 0.3 is 0 Å². The average Bonchev–Trinajstić information content (AvgIpc) is 2.77. The molecule has 0 aliphatic rings. The second kappa shape index (κ2) is 5.79. The Bertz CT molecular complexity index is 612. The molecule has 0 spiro atoms. The lowest BCUT2D eigenvalue weighted by Gasteiger charge is -2.18. The quantitative estimate of drug-likeness (QED) is 0.870. The van der Waals surface area contributed by atoms with Crippen molar-refractivity contribution in [2.24, 2.45) is 5.73 Å². The number of ether oxygens (including phenoxy) is 1. The summed E-state index contributed by atoms with van der Waals surface area (Å²) in [5.41, 5.74) is 12.4. The van der Waals surface area contributed by atoms with Crippen LogP contribution >= 0.6 is 11.3 Å². The molecular weight excluding hydrogens is 276 g/mol. The number of hydrogen-bond acceptors (Lipinski definition) is 6. The van der Waals surface area contributed by atoms with Gasteiger partial charge in [-0.05, 0) is 12.1 Å². The molecule has 2 rings (SSSR count). The molecule has 0 fully saturated rings. The molecule has 1 amide bonds. The summed E-state index contributed by atoms with van der Waals surface area (Å²) in [6.07, 6.45) is 1.73. The highest BCUT2D eigenvalue weighted by atomic mass is 32.1. The van der Waals surface area contributed by atoms with Gasteiger partial charge in [0.2, 0.25) is 0 Å². The van der Waals surface area contributed by atoms with Crippen LogP contribution in [-0.4, -0.2) is 25.0 Å². The van der Waals surface area contributed by atoms with Crippen LogP contribution in [-0.2, 0) is 6.54 Å². The van der Waals surface area contributed by atoms with Gasteiger partial charge in [-0.25, -0.2) is 0 Å². The number of nitrogens with zero attached hydrogens (tertiary/aromatic N) is 2. The van der Waals surface area contributed by atoms with E-state index in [2.05, 4.69) is 4.98 Å². The van der Waals surface area contributed by atoms with Crippen LogP contribution in [0.15, 0.2) is 24.4 Å². The van der Waals surface area contributed by atoms with Crippen molar-refractivity contribution >= 4 is 27.9 Å². The van der Waals surface area contributed by atoms with Crippen LogP contribution in [0.25, 0.3) is 0 Å². The summed E-state index contributed by atoms with van der Waals surface area (Å²) in [6, 6.07) is 5.71. The van der Waals surface area contributed by atoms with Gasteiger partial charge in [0.1, 0.15) is 15.6 Å². The highest BCUT2D eigenvalue weighted by Gasteiger charge is 2.22. The Morgan fingerprint density at radius 1 is 1.50 bits per heavy atom. The molecule has 0 atom stereocenters. The number of aromatic nitrogens is 1. The Labute approximate surface area is 121 Å². The molecule has 0 unspecified atom stereocenters. The summed E-state index contributed by atoms with van der Waals surface area (Å²) in [5.74, 6) is -0.0782. The molecule has 0 aliphatic heterocycles. The number of hydrogen-bond donors (Lipinski definition) is 2. The highest BCUT2D eigenvalue weighted by molar-refractivity contribution is 7.19. The summed E-state index contributed by atoms with van der Waals surface area (Å²) in [7, 11) is 3.40. The monoisotopic (exact) mass is 292 g/mol. The number of thiophene rings is 1. The van der Waals surface area contributed by atoms with E-state index in [0.29, 0.717) is 17.2 Å². The van der Waals surface area contributed by atoms with Gasteiger partial charge in [0.05, 0.1) is 19.3 Å². The minimum atomic E-state index is -0.553. The fourth-order valence-electron chi connectivity index (χ4n) is 1.85. The van der Waals surface area contributed by atoms with Crippen molar-refractivity contribution < 1.29 is 9.53 Å². The third-order valence-corrected chi connectivity index (χ3v) is 4.10. The summed E-state index contributed by atoms with van der Waals surface area (Å²) < 4.78 is 5.28. The predicted octanol–water partition coefficient (Wildman–Crippen LogP) is 1.47. The van der Waals surface area contributed by atoms with Gasteiger partial charge in [-0.3, -0.25) is 9.78 Å². The molecule has 2 aromatic rings. The zero-order valence-electron chi connectivity index (χ0n) is 11.3. The standard InChI is InChI=1S/C13H16N4O2S/c1-17(7-8-5-3-4-6-16-8)13-10(19-2)9(14)11(20-13)12(15)18/h3-6H,7,14H2,1-2H3,(H2,15,18). The number of anilines is 2. The number of rotatable bonds is 5. The molecule has 0 saturated carbocycles. The first kappa shape index (κ1) is 14.1. The number of nitrogens with two attached hydrogens (primary N) is 2. The van der Waals surface area contributed by atoms with Gasteiger partial charge in [-0.2, -0.15) is 0 Å². The van der Waals surface area contributed by atoms with Crippen LogP contribution < -0.4 is 21.1 Å². The molecule has 0 radical (unpaired) electrons. The molecule has 0 aromatic carbocycles. The number of methoxy groups -OCH3 is 1. The molecule has 2 aromatic heterocycles. The van der Waals surface area contributed by atoms with Crippen molar-refractivity contribution in [3.8, 4) is 5.75 Å². The molecule has 0 bridgehead atoms. The van der Waals surface area contributed by atoms with Crippen molar-refractivity contribution in [3.05, 3.63) is 35.0 Å². The van der Waals surface area contributed by atoms with Crippen LogP contribution in [0.3, 0.4) is 0 Å². The van der Waals surface area contributed by atoms with E-state index in [1.165, 1.54) is 18.4 Å². The molecule has 20 heavy (non-hydrogen) atoms. The Hall–Kier alpha value is -2.28. The van der Waals surface area contributed by atoms with Crippen molar-refractivity contribution in [1.82, 2.24) is 4.98 Å². The first-order chi connectivity index (χ1) is 9.54. The van der Waals surface area contributed by atoms with Crippen molar-refractivity contribution in [3.63, 3.8) is 0 Å². The van der Waals surface area contributed by atoms with Gasteiger partial charge in [-0.1, -0.05) is 6.07 Å². The maximum Gasteiger partial charge on any atom is 0.261 e. The van der Waals surface area contributed by atoms with E-state index >= 15 is 0 Å². The summed E-state index contributed by atoms with van der Waals surface area (Å²) in [6.45, 7) is 0.579. The Morgan fingerprint density at radius 3 is 2.80 bits per heavy atom. The van der Waals surface area contributed by atoms with Crippen LogP contribution in [0.5, 0.6) is 5.75 Å². The first-order valence-electron chi connectivity index (χ1n) is 5.91. The summed E-state index contributed by atoms with van der Waals surface area (Å²) in [4.78, 5) is 17.8. The molecule has 6 nitrogen and oxygen atoms in total. The highest BCUT2D eigenvalue weighted by Crippen LogP contribution is 2.44. The minimum absolute atomic E-state index is 0.285. The van der Waals surface area contributed by atoms with Crippen molar-refractivity contribution in [2.75, 3.05) is 24.8 Å². The third kappa shape index (κ3) is 2.67. The van der Waals surface area contributed by atoms with Gasteiger partial charge in [-0.15, -0.1) is 11.3 Å². The molecule has 0 saturated heterocycles. The number of amides is 1. The van der Waals surface area contributed by atoms with E-state index in [1.54, 1.807) is 6.20 Å². The summed E-state index contributed by atoms with van der Waals surface area (Å²) in [5, 5.41) is 0.754. The molecule has 7 heteroatoms. The smallest absolute Gasteiger partial charge is 0.261 e. The van der Waals surface area contributed by atoms with Crippen LogP contribution in [0.2, 0.25) is 0 Å². The zero-order chi connectivity index (χ0) is 14.7. The molecule has 4 N–H and O–H groups in total. The van der Waals surface area contributed by atoms with Crippen LogP contribution in [0.1, 0.15) is 15.4 Å². The lowest BCUT2D eigenvalue weighted by molar-refractivity contribution is 0.100. The fourth-order valence-corrected chi connectivity index (χ4v) is 2.86. The van der Waals surface area contributed by atoms with Crippen LogP contribution in [0.4, 0.5) is 10.7 Å². The lowest BCUT2D eigenvalue weighted by atomic mass is 10.3. The van der Waals surface area contributed by atoms with E-state index in [4.69, 9.17) is 16.2 Å². The van der Waals surface area contributed by atoms with E-state index in [-0.39, 0.29) is 5.69 Å². The maximum absolute atomic E-state index is 11.4. The average molecular weight is 292 g/mol. The molecule has 0 aliphatic carbocycles. The largest absolute Gasteiger partial charge is 0.492 e. The third-order valence-electron chi connectivity index (χ3n) is 2.78. The van der Waals surface area contributed by atoms with Crippen LogP contribution in [0, 0.1) is 0 Å². The topological polar surface area (TPSA) is 94.5 Å². The Balaban J connectivity index is 2.32. The van der Waals surface area contributed by atoms with E-state index in [1.807, 2.05) is 30.1 Å². The van der Waals surface area contributed by atoms with Gasteiger partial charge in [0.15, 0.2) is 5.75 Å². The lowest BCUT2D eigenvalue weighted by Crippen LogP contribution is -2.16. The Kier molecular flexibility index (Phi) is 4.09. The number of pyridine rings is 1. The second-order valence-corrected chi connectivity index (χ2v) is 5.22. The SMILES string of the molecule is COc1c(N(C)Cc2ccccn2)sc(C(N)=O)c1N. The summed E-state index contributed by atoms with van der Waals surface area (Å²) >= 11 is 1.22. The van der Waals surface area contributed by atoms with Crippen molar-refractivity contribution in [1.29, 1.82) is 0 Å². The molecule has 106 valence electrons. The predicted molar refractivity (Wildman–Crippen MR) is 80.1 cm³/mol. The van der Waals surface area contributed by atoms with E-state index < -0.39 is 5.91 Å². The zero-order valence-corrected chi connectivity index (χ0v) is 12.1. The van der Waals surface area contributed by atoms with Crippen molar-refractivity contribution in [2.45, 2.75) is 6.54 Å². The van der Waals surface area contributed by atoms with E-state index in [9.17, 15) is 4.79 Å². The van der Waals surface area contributed by atoms with E-state index in [0.717, 1.165) is 10.7 Å². The molecule has 2 heterocycles. The van der Waals surface area contributed by atoms with Gasteiger partial charge < -0.3 is 21.1 Å². The first-order valence-corrected chi connectivity index (χ1v) is 6.73. The van der Waals surface area contributed by atoms with Gasteiger partial charge in [0.25, 0.3) is 5.91 Å². The maximum atomic E-state index is 11.4. The normalized spacial score (nSPS) is 10.3. The number of carbonyl (C=O) groups is 1. The minimum Gasteiger partial charge on any atom is -0.492 e. The Morgan fingerprint density at radius 2 is 2.25 bits per heavy atom. The second-order valence-electron chi connectivity index (χ2n) is 4.22. The number of nitrogen functional groups attached to an aromatic ring is 1. The number of primary amides is 1. The van der Waals surface area contributed by atoms with Gasteiger partial charge in [0, 0.05) is 13.2 Å². The number of carbonyl (C=O) groups excluding carboxylic acids is 1. The fraction of sp³-hybridized carbons (Fsp3) is 0.231. The molecular formula is C13H16N4O2S.